The van der Waals surface area contributed by atoms with Gasteiger partial charge in [-0.15, -0.1) is 0 Å². The Morgan fingerprint density at radius 3 is 2.76 bits per heavy atom. The number of hydrogen-bond donors (Lipinski definition) is 2. The van der Waals surface area contributed by atoms with Gasteiger partial charge in [-0.3, -0.25) is 4.79 Å². The van der Waals surface area contributed by atoms with Crippen molar-refractivity contribution in [1.82, 2.24) is 5.32 Å². The van der Waals surface area contributed by atoms with E-state index in [9.17, 15) is 4.79 Å². The summed E-state index contributed by atoms with van der Waals surface area (Å²) in [7, 11) is 1.77. The molecule has 0 fully saturated rings. The Balaban J connectivity index is 2.29. The van der Waals surface area contributed by atoms with Crippen LogP contribution in [0.4, 0.5) is 0 Å². The molecule has 0 radical (unpaired) electrons. The fourth-order valence-electron chi connectivity index (χ4n) is 1.58. The highest BCUT2D eigenvalue weighted by atomic mass is 32.2. The number of nitrogens with two attached hydrogens (primary N) is 1. The first-order valence-electron chi connectivity index (χ1n) is 5.74. The Kier molecular flexibility index (Phi) is 6.08. The molecule has 0 aromatic heterocycles. The van der Waals surface area contributed by atoms with Crippen LogP contribution in [0, 0.1) is 6.92 Å². The van der Waals surface area contributed by atoms with Crippen LogP contribution in [0.3, 0.4) is 0 Å². The van der Waals surface area contributed by atoms with Crippen molar-refractivity contribution in [3.8, 4) is 0 Å². The van der Waals surface area contributed by atoms with E-state index in [1.165, 1.54) is 11.1 Å². The van der Waals surface area contributed by atoms with Gasteiger partial charge >= 0.3 is 0 Å². The number of thioether (sulfide) groups is 1. The molecular weight excluding hydrogens is 232 g/mol. The number of benzene rings is 1. The van der Waals surface area contributed by atoms with Gasteiger partial charge in [-0.2, -0.15) is 11.8 Å². The molecule has 3 N–H and O–H groups in total. The molecule has 1 rings (SSSR count). The predicted molar refractivity (Wildman–Crippen MR) is 74.0 cm³/mol. The number of nitrogens with one attached hydrogen (secondary N) is 1. The molecule has 94 valence electrons. The van der Waals surface area contributed by atoms with E-state index in [4.69, 9.17) is 5.73 Å². The molecule has 0 bridgehead atoms. The number of hydrogen-bond acceptors (Lipinski definition) is 3. The van der Waals surface area contributed by atoms with Crippen molar-refractivity contribution in [2.45, 2.75) is 25.1 Å². The van der Waals surface area contributed by atoms with Gasteiger partial charge in [0.15, 0.2) is 0 Å². The van der Waals surface area contributed by atoms with Crippen LogP contribution in [0.25, 0.3) is 0 Å². The molecule has 1 atom stereocenters. The second-order valence-corrected chi connectivity index (χ2v) is 5.12. The standard InChI is InChI=1S/C13H20N2OS/c1-10-5-3-4-6-11(10)9-17-8-7-12(15-2)13(14)16/h3-6,12,15H,7-9H2,1-2H3,(H2,14,16). The van der Waals surface area contributed by atoms with Gasteiger partial charge in [0.2, 0.25) is 5.91 Å². The first-order chi connectivity index (χ1) is 8.15. The first kappa shape index (κ1) is 14.1. The number of primary amides is 1. The van der Waals surface area contributed by atoms with Crippen molar-refractivity contribution in [1.29, 1.82) is 0 Å². The van der Waals surface area contributed by atoms with E-state index in [2.05, 4.69) is 30.4 Å². The minimum Gasteiger partial charge on any atom is -0.368 e. The maximum atomic E-state index is 11.0. The van der Waals surface area contributed by atoms with Crippen molar-refractivity contribution in [2.75, 3.05) is 12.8 Å². The average molecular weight is 252 g/mol. The number of carbonyl (C=O) groups excluding carboxylic acids is 1. The fraction of sp³-hybridized carbons (Fsp3) is 0.462. The Morgan fingerprint density at radius 2 is 2.18 bits per heavy atom. The highest BCUT2D eigenvalue weighted by molar-refractivity contribution is 7.98. The van der Waals surface area contributed by atoms with Crippen molar-refractivity contribution in [3.05, 3.63) is 35.4 Å². The third-order valence-corrected chi connectivity index (χ3v) is 3.80. The molecule has 0 aliphatic heterocycles. The summed E-state index contributed by atoms with van der Waals surface area (Å²) in [6.45, 7) is 2.12. The van der Waals surface area contributed by atoms with Crippen LogP contribution in [-0.4, -0.2) is 24.7 Å². The van der Waals surface area contributed by atoms with E-state index in [-0.39, 0.29) is 11.9 Å². The molecule has 3 nitrogen and oxygen atoms in total. The van der Waals surface area contributed by atoms with Crippen LogP contribution in [-0.2, 0) is 10.5 Å². The van der Waals surface area contributed by atoms with Crippen molar-refractivity contribution < 1.29 is 4.79 Å². The molecule has 0 aliphatic rings. The first-order valence-corrected chi connectivity index (χ1v) is 6.89. The molecule has 0 heterocycles. The topological polar surface area (TPSA) is 55.1 Å². The number of carbonyl (C=O) groups is 1. The lowest BCUT2D eigenvalue weighted by Gasteiger charge is -2.11. The zero-order chi connectivity index (χ0) is 12.7. The van der Waals surface area contributed by atoms with Crippen LogP contribution >= 0.6 is 11.8 Å². The third kappa shape index (κ3) is 4.79. The summed E-state index contributed by atoms with van der Waals surface area (Å²) in [6, 6.07) is 8.16. The minimum absolute atomic E-state index is 0.209. The Hall–Kier alpha value is -1.00. The smallest absolute Gasteiger partial charge is 0.234 e. The van der Waals surface area contributed by atoms with Gasteiger partial charge in [-0.25, -0.2) is 0 Å². The Morgan fingerprint density at radius 1 is 1.47 bits per heavy atom. The zero-order valence-corrected chi connectivity index (χ0v) is 11.2. The summed E-state index contributed by atoms with van der Waals surface area (Å²) in [5.41, 5.74) is 7.93. The van der Waals surface area contributed by atoms with Crippen LogP contribution < -0.4 is 11.1 Å². The number of rotatable bonds is 7. The zero-order valence-electron chi connectivity index (χ0n) is 10.4. The summed E-state index contributed by atoms with van der Waals surface area (Å²) < 4.78 is 0. The van der Waals surface area contributed by atoms with Gasteiger partial charge < -0.3 is 11.1 Å². The largest absolute Gasteiger partial charge is 0.368 e. The summed E-state index contributed by atoms with van der Waals surface area (Å²) in [5, 5.41) is 2.92. The van der Waals surface area contributed by atoms with Gasteiger partial charge in [0.25, 0.3) is 0 Å². The van der Waals surface area contributed by atoms with E-state index in [0.29, 0.717) is 0 Å². The highest BCUT2D eigenvalue weighted by Gasteiger charge is 2.11. The van der Waals surface area contributed by atoms with Crippen LogP contribution in [0.15, 0.2) is 24.3 Å². The van der Waals surface area contributed by atoms with E-state index in [1.807, 2.05) is 17.8 Å². The van der Waals surface area contributed by atoms with Gasteiger partial charge in [-0.05, 0) is 37.3 Å². The van der Waals surface area contributed by atoms with Crippen molar-refractivity contribution in [2.24, 2.45) is 5.73 Å². The van der Waals surface area contributed by atoms with Crippen molar-refractivity contribution in [3.63, 3.8) is 0 Å². The molecular formula is C13H20N2OS. The summed E-state index contributed by atoms with van der Waals surface area (Å²) in [5.74, 6) is 1.65. The third-order valence-electron chi connectivity index (χ3n) is 2.76. The maximum absolute atomic E-state index is 11.0. The molecule has 0 saturated heterocycles. The Bertz CT molecular complexity index is 368. The van der Waals surface area contributed by atoms with E-state index in [0.717, 1.165) is 17.9 Å². The molecule has 1 aromatic rings. The lowest BCUT2D eigenvalue weighted by atomic mass is 10.1. The minimum atomic E-state index is -0.274. The predicted octanol–water partition coefficient (Wildman–Crippen LogP) is 1.69. The van der Waals surface area contributed by atoms with E-state index in [1.54, 1.807) is 7.05 Å². The molecule has 0 saturated carbocycles. The normalized spacial score (nSPS) is 12.4. The van der Waals surface area contributed by atoms with Gasteiger partial charge in [-0.1, -0.05) is 24.3 Å². The van der Waals surface area contributed by atoms with Gasteiger partial charge in [0, 0.05) is 5.75 Å². The van der Waals surface area contributed by atoms with Crippen molar-refractivity contribution >= 4 is 17.7 Å². The number of likely N-dealkylation sites (N-methyl/N-ethyl adjacent to an activating group) is 1. The van der Waals surface area contributed by atoms with Crippen LogP contribution in [0.1, 0.15) is 17.5 Å². The maximum Gasteiger partial charge on any atom is 0.234 e. The van der Waals surface area contributed by atoms with Crippen LogP contribution in [0.5, 0.6) is 0 Å². The number of aryl methyl sites for hydroxylation is 1. The monoisotopic (exact) mass is 252 g/mol. The SMILES string of the molecule is CNC(CCSCc1ccccc1C)C(N)=O. The molecule has 17 heavy (non-hydrogen) atoms. The summed E-state index contributed by atoms with van der Waals surface area (Å²) in [6.07, 6.45) is 0.780. The second-order valence-electron chi connectivity index (χ2n) is 4.01. The lowest BCUT2D eigenvalue weighted by molar-refractivity contribution is -0.119. The molecule has 0 spiro atoms. The van der Waals surface area contributed by atoms with E-state index < -0.39 is 0 Å². The second kappa shape index (κ2) is 7.35. The van der Waals surface area contributed by atoms with Gasteiger partial charge in [0.1, 0.15) is 0 Å². The molecule has 0 aliphatic carbocycles. The number of amides is 1. The summed E-state index contributed by atoms with van der Waals surface area (Å²) in [4.78, 5) is 11.0. The quantitative estimate of drug-likeness (QED) is 0.726. The average Bonchev–Trinajstić information content (AvgIpc) is 2.31. The Labute approximate surface area is 107 Å². The highest BCUT2D eigenvalue weighted by Crippen LogP contribution is 2.16. The molecule has 1 amide bonds. The summed E-state index contributed by atoms with van der Waals surface area (Å²) >= 11 is 1.83. The van der Waals surface area contributed by atoms with E-state index >= 15 is 0 Å². The fourth-order valence-corrected chi connectivity index (χ4v) is 2.67. The molecule has 1 unspecified atom stereocenters. The van der Waals surface area contributed by atoms with Crippen LogP contribution in [0.2, 0.25) is 0 Å². The van der Waals surface area contributed by atoms with Gasteiger partial charge in [0.05, 0.1) is 6.04 Å². The molecule has 1 aromatic carbocycles. The lowest BCUT2D eigenvalue weighted by Crippen LogP contribution is -2.39. The molecule has 4 heteroatoms.